The van der Waals surface area contributed by atoms with E-state index in [9.17, 15) is 14.9 Å². The first-order chi connectivity index (χ1) is 10.0. The number of nitrogens with zero attached hydrogens (tertiary/aromatic N) is 2. The van der Waals surface area contributed by atoms with Crippen molar-refractivity contribution in [1.82, 2.24) is 5.32 Å². The number of anilines is 1. The molecule has 0 radical (unpaired) electrons. The predicted molar refractivity (Wildman–Crippen MR) is 74.3 cm³/mol. The number of carbonyl (C=O) groups excluding carboxylic acids is 1. The van der Waals surface area contributed by atoms with Gasteiger partial charge in [0.25, 0.3) is 0 Å². The summed E-state index contributed by atoms with van der Waals surface area (Å²) in [6, 6.07) is 6.42. The van der Waals surface area contributed by atoms with Crippen molar-refractivity contribution in [2.45, 2.75) is 12.5 Å². The van der Waals surface area contributed by atoms with E-state index in [1.54, 1.807) is 6.07 Å². The number of benzene rings is 1. The molecule has 2 rings (SSSR count). The SMILES string of the molecule is COC(=O)NC1CCN(c2ccc(C(=O)O)cc2C#N)C1. The number of rotatable bonds is 3. The number of hydrogen-bond donors (Lipinski definition) is 2. The number of amides is 1. The molecule has 1 heterocycles. The molecule has 2 N–H and O–H groups in total. The van der Waals surface area contributed by atoms with Crippen LogP contribution in [-0.4, -0.2) is 43.4 Å². The van der Waals surface area contributed by atoms with E-state index >= 15 is 0 Å². The Kier molecular flexibility index (Phi) is 4.28. The monoisotopic (exact) mass is 289 g/mol. The second-order valence-electron chi connectivity index (χ2n) is 4.72. The fourth-order valence-electron chi connectivity index (χ4n) is 2.36. The molecule has 1 atom stereocenters. The lowest BCUT2D eigenvalue weighted by molar-refractivity contribution is 0.0697. The number of carbonyl (C=O) groups is 2. The Balaban J connectivity index is 2.15. The van der Waals surface area contributed by atoms with Crippen LogP contribution in [0.4, 0.5) is 10.5 Å². The van der Waals surface area contributed by atoms with E-state index in [-0.39, 0.29) is 11.6 Å². The number of hydrogen-bond acceptors (Lipinski definition) is 5. The van der Waals surface area contributed by atoms with Crippen molar-refractivity contribution in [2.75, 3.05) is 25.1 Å². The third kappa shape index (κ3) is 3.23. The Morgan fingerprint density at radius 2 is 2.29 bits per heavy atom. The minimum absolute atomic E-state index is 0.0526. The Labute approximate surface area is 121 Å². The molecular formula is C14H15N3O4. The number of nitriles is 1. The van der Waals surface area contributed by atoms with Gasteiger partial charge in [0.2, 0.25) is 0 Å². The highest BCUT2D eigenvalue weighted by Gasteiger charge is 2.26. The van der Waals surface area contributed by atoms with E-state index in [1.807, 2.05) is 11.0 Å². The van der Waals surface area contributed by atoms with Crippen LogP contribution in [0.5, 0.6) is 0 Å². The van der Waals surface area contributed by atoms with E-state index < -0.39 is 12.1 Å². The van der Waals surface area contributed by atoms with Crippen molar-refractivity contribution in [3.63, 3.8) is 0 Å². The van der Waals surface area contributed by atoms with Gasteiger partial charge in [-0.1, -0.05) is 0 Å². The van der Waals surface area contributed by atoms with Crippen LogP contribution in [0.15, 0.2) is 18.2 Å². The maximum Gasteiger partial charge on any atom is 0.407 e. The summed E-state index contributed by atoms with van der Waals surface area (Å²) in [7, 11) is 1.31. The van der Waals surface area contributed by atoms with E-state index in [0.717, 1.165) is 6.42 Å². The molecular weight excluding hydrogens is 274 g/mol. The Hall–Kier alpha value is -2.75. The van der Waals surface area contributed by atoms with Gasteiger partial charge < -0.3 is 20.1 Å². The van der Waals surface area contributed by atoms with E-state index in [1.165, 1.54) is 19.2 Å². The highest BCUT2D eigenvalue weighted by molar-refractivity contribution is 5.89. The number of aromatic carboxylic acids is 1. The fourth-order valence-corrected chi connectivity index (χ4v) is 2.36. The summed E-state index contributed by atoms with van der Waals surface area (Å²) in [5.41, 5.74) is 1.07. The third-order valence-corrected chi connectivity index (χ3v) is 3.40. The predicted octanol–water partition coefficient (Wildman–Crippen LogP) is 1.19. The standard InChI is InChI=1S/C14H15N3O4/c1-21-14(20)16-11-4-5-17(8-11)12-3-2-9(13(18)19)6-10(12)7-15/h2-3,6,11H,4-5,8H2,1H3,(H,16,20)(H,18,19). The molecule has 1 unspecified atom stereocenters. The molecule has 0 aromatic heterocycles. The van der Waals surface area contributed by atoms with Crippen LogP contribution in [-0.2, 0) is 4.74 Å². The van der Waals surface area contributed by atoms with Gasteiger partial charge in [-0.2, -0.15) is 5.26 Å². The number of nitrogens with one attached hydrogen (secondary N) is 1. The molecule has 1 aliphatic rings. The number of carboxylic acids is 1. The Bertz CT molecular complexity index is 609. The van der Waals surface area contributed by atoms with Gasteiger partial charge in [0.15, 0.2) is 0 Å². The summed E-state index contributed by atoms with van der Waals surface area (Å²) in [6.07, 6.45) is 0.254. The van der Waals surface area contributed by atoms with Crippen molar-refractivity contribution >= 4 is 17.7 Å². The average Bonchev–Trinajstić information content (AvgIpc) is 2.94. The number of carboxylic acid groups (broad SMARTS) is 1. The van der Waals surface area contributed by atoms with Gasteiger partial charge >= 0.3 is 12.1 Å². The van der Waals surface area contributed by atoms with Crippen molar-refractivity contribution in [2.24, 2.45) is 0 Å². The summed E-state index contributed by atoms with van der Waals surface area (Å²) < 4.78 is 4.55. The molecule has 1 fully saturated rings. The van der Waals surface area contributed by atoms with Gasteiger partial charge in [-0.3, -0.25) is 0 Å². The van der Waals surface area contributed by atoms with E-state index in [0.29, 0.717) is 24.3 Å². The second kappa shape index (κ2) is 6.13. The lowest BCUT2D eigenvalue weighted by Crippen LogP contribution is -2.37. The first kappa shape index (κ1) is 14.7. The summed E-state index contributed by atoms with van der Waals surface area (Å²) in [5, 5.41) is 20.8. The third-order valence-electron chi connectivity index (χ3n) is 3.40. The van der Waals surface area contributed by atoms with Crippen LogP contribution in [0.2, 0.25) is 0 Å². The van der Waals surface area contributed by atoms with Gasteiger partial charge in [0.1, 0.15) is 6.07 Å². The summed E-state index contributed by atoms with van der Waals surface area (Å²) in [4.78, 5) is 24.1. The van der Waals surface area contributed by atoms with Crippen molar-refractivity contribution in [1.29, 1.82) is 5.26 Å². The number of alkyl carbamates (subject to hydrolysis) is 1. The molecule has 0 bridgehead atoms. The molecule has 1 amide bonds. The molecule has 0 spiro atoms. The zero-order valence-electron chi connectivity index (χ0n) is 11.5. The minimum atomic E-state index is -1.07. The molecule has 21 heavy (non-hydrogen) atoms. The van der Waals surface area contributed by atoms with Gasteiger partial charge in [-0.25, -0.2) is 9.59 Å². The van der Waals surface area contributed by atoms with Crippen LogP contribution in [0.3, 0.4) is 0 Å². The van der Waals surface area contributed by atoms with Gasteiger partial charge in [-0.15, -0.1) is 0 Å². The maximum atomic E-state index is 11.2. The van der Waals surface area contributed by atoms with Crippen molar-refractivity contribution < 1.29 is 19.4 Å². The van der Waals surface area contributed by atoms with E-state index in [4.69, 9.17) is 5.11 Å². The maximum absolute atomic E-state index is 11.2. The molecule has 1 aromatic carbocycles. The van der Waals surface area contributed by atoms with Gasteiger partial charge in [0, 0.05) is 13.1 Å². The topological polar surface area (TPSA) is 103 Å². The van der Waals surface area contributed by atoms with E-state index in [2.05, 4.69) is 10.1 Å². The molecule has 0 saturated carbocycles. The average molecular weight is 289 g/mol. The molecule has 1 saturated heterocycles. The fraction of sp³-hybridized carbons (Fsp3) is 0.357. The largest absolute Gasteiger partial charge is 0.478 e. The van der Waals surface area contributed by atoms with Crippen LogP contribution in [0.25, 0.3) is 0 Å². The molecule has 1 aliphatic heterocycles. The van der Waals surface area contributed by atoms with Crippen LogP contribution >= 0.6 is 0 Å². The highest BCUT2D eigenvalue weighted by Crippen LogP contribution is 2.25. The number of ether oxygens (including phenoxy) is 1. The zero-order valence-corrected chi connectivity index (χ0v) is 11.5. The number of methoxy groups -OCH3 is 1. The van der Waals surface area contributed by atoms with Crippen LogP contribution in [0, 0.1) is 11.3 Å². The second-order valence-corrected chi connectivity index (χ2v) is 4.72. The first-order valence-electron chi connectivity index (χ1n) is 6.42. The zero-order chi connectivity index (χ0) is 15.4. The van der Waals surface area contributed by atoms with Crippen LogP contribution < -0.4 is 10.2 Å². The van der Waals surface area contributed by atoms with Crippen molar-refractivity contribution in [3.8, 4) is 6.07 Å². The first-order valence-corrected chi connectivity index (χ1v) is 6.42. The summed E-state index contributed by atoms with van der Waals surface area (Å²) in [6.45, 7) is 1.23. The lowest BCUT2D eigenvalue weighted by Gasteiger charge is -2.20. The lowest BCUT2D eigenvalue weighted by atomic mass is 10.1. The smallest absolute Gasteiger partial charge is 0.407 e. The molecule has 110 valence electrons. The molecule has 1 aromatic rings. The summed E-state index contributed by atoms with van der Waals surface area (Å²) >= 11 is 0. The normalized spacial score (nSPS) is 17.1. The van der Waals surface area contributed by atoms with Gasteiger partial charge in [0.05, 0.1) is 30.0 Å². The Morgan fingerprint density at radius 1 is 1.52 bits per heavy atom. The Morgan fingerprint density at radius 3 is 2.90 bits per heavy atom. The molecule has 7 nitrogen and oxygen atoms in total. The summed E-state index contributed by atoms with van der Waals surface area (Å²) in [5.74, 6) is -1.07. The molecule has 7 heteroatoms. The quantitative estimate of drug-likeness (QED) is 0.866. The molecule has 0 aliphatic carbocycles. The van der Waals surface area contributed by atoms with Gasteiger partial charge in [-0.05, 0) is 24.6 Å². The highest BCUT2D eigenvalue weighted by atomic mass is 16.5. The van der Waals surface area contributed by atoms with Crippen molar-refractivity contribution in [3.05, 3.63) is 29.3 Å². The van der Waals surface area contributed by atoms with Crippen LogP contribution in [0.1, 0.15) is 22.3 Å². The minimum Gasteiger partial charge on any atom is -0.478 e.